The highest BCUT2D eigenvalue weighted by Crippen LogP contribution is 2.29. The van der Waals surface area contributed by atoms with Gasteiger partial charge in [-0.1, -0.05) is 29.3 Å². The van der Waals surface area contributed by atoms with Gasteiger partial charge in [-0.05, 0) is 36.6 Å². The molecule has 0 unspecified atom stereocenters. The predicted molar refractivity (Wildman–Crippen MR) is 93.5 cm³/mol. The van der Waals surface area contributed by atoms with Crippen molar-refractivity contribution >= 4 is 29.4 Å². The van der Waals surface area contributed by atoms with Gasteiger partial charge in [-0.3, -0.25) is 4.79 Å². The van der Waals surface area contributed by atoms with Crippen LogP contribution in [0.2, 0.25) is 5.02 Å². The molecule has 0 aliphatic carbocycles. The van der Waals surface area contributed by atoms with Gasteiger partial charge in [0.25, 0.3) is 0 Å². The van der Waals surface area contributed by atoms with Crippen LogP contribution in [0.1, 0.15) is 28.8 Å². The number of hydrogen-bond donors (Lipinski definition) is 1. The monoisotopic (exact) mass is 363 g/mol. The van der Waals surface area contributed by atoms with Crippen LogP contribution >= 0.6 is 11.6 Å². The first-order valence-electron chi connectivity index (χ1n) is 7.79. The van der Waals surface area contributed by atoms with E-state index in [0.29, 0.717) is 29.5 Å². The first-order valence-corrected chi connectivity index (χ1v) is 8.16. The molecule has 3 rings (SSSR count). The fourth-order valence-corrected chi connectivity index (χ4v) is 3.07. The molecule has 0 bridgehead atoms. The molecule has 4 nitrogen and oxygen atoms in total. The predicted octanol–water partition coefficient (Wildman–Crippen LogP) is 3.80. The van der Waals surface area contributed by atoms with E-state index in [9.17, 15) is 13.6 Å². The third kappa shape index (κ3) is 3.96. The van der Waals surface area contributed by atoms with Crippen LogP contribution in [0.4, 0.5) is 14.6 Å². The second-order valence-corrected chi connectivity index (χ2v) is 6.26. The largest absolute Gasteiger partial charge is 0.366 e. The zero-order valence-corrected chi connectivity index (χ0v) is 14.1. The third-order valence-corrected chi connectivity index (χ3v) is 4.40. The number of carbonyl (C=O) groups excluding carboxylic acids is 1. The molecule has 2 aromatic rings. The Morgan fingerprint density at radius 3 is 2.52 bits per heavy atom. The van der Waals surface area contributed by atoms with Crippen LogP contribution in [0.5, 0.6) is 0 Å². The smallest absolute Gasteiger partial charge is 0.250 e. The second kappa shape index (κ2) is 7.19. The van der Waals surface area contributed by atoms with Crippen LogP contribution in [-0.4, -0.2) is 24.0 Å². The summed E-state index contributed by atoms with van der Waals surface area (Å²) >= 11 is 6.20. The van der Waals surface area contributed by atoms with Gasteiger partial charge in [0.2, 0.25) is 5.91 Å². The van der Waals surface area contributed by atoms with Gasteiger partial charge in [-0.25, -0.2) is 13.8 Å². The lowest BCUT2D eigenvalue weighted by Gasteiger charge is -2.30. The van der Waals surface area contributed by atoms with E-state index >= 15 is 0 Å². The molecule has 1 aliphatic heterocycles. The number of carbonyl (C=O) groups is 1. The van der Waals surface area contributed by atoms with E-state index in [0.717, 1.165) is 24.5 Å². The third-order valence-electron chi connectivity index (χ3n) is 4.13. The number of anilines is 1. The van der Waals surface area contributed by atoms with Crippen LogP contribution < -0.4 is 10.6 Å². The molecule has 25 heavy (non-hydrogen) atoms. The van der Waals surface area contributed by atoms with Gasteiger partial charge in [0.15, 0.2) is 11.6 Å². The number of aromatic nitrogens is 1. The van der Waals surface area contributed by atoms with E-state index in [2.05, 4.69) is 4.98 Å². The molecule has 0 radical (unpaired) electrons. The zero-order chi connectivity index (χ0) is 18.0. The van der Waals surface area contributed by atoms with Crippen molar-refractivity contribution in [1.82, 2.24) is 4.98 Å². The summed E-state index contributed by atoms with van der Waals surface area (Å²) < 4.78 is 26.3. The Morgan fingerprint density at radius 2 is 1.92 bits per heavy atom. The van der Waals surface area contributed by atoms with E-state index in [4.69, 9.17) is 17.3 Å². The number of piperidine rings is 1. The summed E-state index contributed by atoms with van der Waals surface area (Å²) in [5, 5.41) is 0.379. The lowest BCUT2D eigenvalue weighted by molar-refractivity contribution is 0.1000. The molecule has 1 fully saturated rings. The topological polar surface area (TPSA) is 59.2 Å². The molecule has 0 saturated carbocycles. The summed E-state index contributed by atoms with van der Waals surface area (Å²) in [6.07, 6.45) is 4.81. The normalized spacial score (nSPS) is 14.5. The van der Waals surface area contributed by atoms with Gasteiger partial charge in [-0.15, -0.1) is 0 Å². The summed E-state index contributed by atoms with van der Waals surface area (Å²) in [5.74, 6) is -1.66. The SMILES string of the molecule is NC(=O)c1cnc(N2CCC(=Cc3ccc(F)c(F)c3)CC2)c(Cl)c1. The van der Waals surface area contributed by atoms with Crippen molar-refractivity contribution in [1.29, 1.82) is 0 Å². The quantitative estimate of drug-likeness (QED) is 0.902. The van der Waals surface area contributed by atoms with Crippen molar-refractivity contribution in [2.45, 2.75) is 12.8 Å². The molecule has 0 spiro atoms. The van der Waals surface area contributed by atoms with E-state index in [1.165, 1.54) is 18.3 Å². The maximum Gasteiger partial charge on any atom is 0.250 e. The molecular weight excluding hydrogens is 348 g/mol. The number of halogens is 3. The molecule has 7 heteroatoms. The van der Waals surface area contributed by atoms with Crippen LogP contribution in [0.15, 0.2) is 36.0 Å². The summed E-state index contributed by atoms with van der Waals surface area (Å²) in [7, 11) is 0. The van der Waals surface area contributed by atoms with Crippen molar-refractivity contribution in [3.63, 3.8) is 0 Å². The molecule has 1 aromatic carbocycles. The highest BCUT2D eigenvalue weighted by Gasteiger charge is 2.19. The highest BCUT2D eigenvalue weighted by atomic mass is 35.5. The van der Waals surface area contributed by atoms with Gasteiger partial charge in [0.1, 0.15) is 5.82 Å². The second-order valence-electron chi connectivity index (χ2n) is 5.86. The Labute approximate surface area is 148 Å². The van der Waals surface area contributed by atoms with E-state index in [-0.39, 0.29) is 5.56 Å². The van der Waals surface area contributed by atoms with Crippen molar-refractivity contribution in [3.8, 4) is 0 Å². The summed E-state index contributed by atoms with van der Waals surface area (Å²) in [6, 6.07) is 5.38. The molecule has 1 amide bonds. The van der Waals surface area contributed by atoms with Crippen molar-refractivity contribution in [2.75, 3.05) is 18.0 Å². The Hall–Kier alpha value is -2.47. The minimum atomic E-state index is -0.850. The van der Waals surface area contributed by atoms with Crippen molar-refractivity contribution < 1.29 is 13.6 Å². The lowest BCUT2D eigenvalue weighted by atomic mass is 10.0. The lowest BCUT2D eigenvalue weighted by Crippen LogP contribution is -2.31. The van der Waals surface area contributed by atoms with Crippen LogP contribution in [0.25, 0.3) is 6.08 Å². The molecule has 130 valence electrons. The fourth-order valence-electron chi connectivity index (χ4n) is 2.79. The fraction of sp³-hybridized carbons (Fsp3) is 0.222. The number of rotatable bonds is 3. The minimum Gasteiger partial charge on any atom is -0.366 e. The Balaban J connectivity index is 1.70. The number of primary amides is 1. The van der Waals surface area contributed by atoms with Crippen LogP contribution in [-0.2, 0) is 0 Å². The zero-order valence-electron chi connectivity index (χ0n) is 13.3. The first kappa shape index (κ1) is 17.4. The molecule has 1 saturated heterocycles. The van der Waals surface area contributed by atoms with Crippen LogP contribution in [0.3, 0.4) is 0 Å². The molecule has 1 aromatic heterocycles. The summed E-state index contributed by atoms with van der Waals surface area (Å²) in [4.78, 5) is 17.4. The number of nitrogens with zero attached hydrogens (tertiary/aromatic N) is 2. The number of pyridine rings is 1. The molecular formula is C18H16ClF2N3O. The minimum absolute atomic E-state index is 0.268. The van der Waals surface area contributed by atoms with E-state index in [1.807, 2.05) is 11.0 Å². The molecule has 2 N–H and O–H groups in total. The Kier molecular flexibility index (Phi) is 4.99. The van der Waals surface area contributed by atoms with Gasteiger partial charge in [-0.2, -0.15) is 0 Å². The number of hydrogen-bond acceptors (Lipinski definition) is 3. The Morgan fingerprint density at radius 1 is 1.20 bits per heavy atom. The number of nitrogens with two attached hydrogens (primary N) is 1. The van der Waals surface area contributed by atoms with Gasteiger partial charge < -0.3 is 10.6 Å². The van der Waals surface area contributed by atoms with Gasteiger partial charge >= 0.3 is 0 Å². The standard InChI is InChI=1S/C18H16ClF2N3O/c19-14-9-13(17(22)25)10-23-18(14)24-5-3-11(4-6-24)7-12-1-2-15(20)16(21)8-12/h1-2,7-10H,3-6H2,(H2,22,25). The Bertz CT molecular complexity index is 844. The van der Waals surface area contributed by atoms with Crippen LogP contribution in [0, 0.1) is 11.6 Å². The molecule has 1 aliphatic rings. The average Bonchev–Trinajstić information content (AvgIpc) is 2.59. The van der Waals surface area contributed by atoms with E-state index in [1.54, 1.807) is 6.07 Å². The number of amides is 1. The maximum absolute atomic E-state index is 13.3. The summed E-state index contributed by atoms with van der Waals surface area (Å²) in [5.41, 5.74) is 7.27. The van der Waals surface area contributed by atoms with Gasteiger partial charge in [0, 0.05) is 19.3 Å². The maximum atomic E-state index is 13.3. The number of benzene rings is 1. The van der Waals surface area contributed by atoms with E-state index < -0.39 is 17.5 Å². The molecule has 0 atom stereocenters. The summed E-state index contributed by atoms with van der Waals surface area (Å²) in [6.45, 7) is 1.39. The van der Waals surface area contributed by atoms with Gasteiger partial charge in [0.05, 0.1) is 10.6 Å². The van der Waals surface area contributed by atoms with Crippen molar-refractivity contribution in [2.24, 2.45) is 5.73 Å². The molecule has 2 heterocycles. The highest BCUT2D eigenvalue weighted by molar-refractivity contribution is 6.33. The van der Waals surface area contributed by atoms with Crippen molar-refractivity contribution in [3.05, 3.63) is 63.8 Å². The first-order chi connectivity index (χ1) is 11.9. The average molecular weight is 364 g/mol.